The van der Waals surface area contributed by atoms with Crippen LogP contribution < -0.4 is 15.5 Å². The highest BCUT2D eigenvalue weighted by Crippen LogP contribution is 2.22. The van der Waals surface area contributed by atoms with Crippen molar-refractivity contribution in [1.29, 1.82) is 0 Å². The van der Waals surface area contributed by atoms with Crippen LogP contribution in [-0.2, 0) is 16.0 Å². The molecule has 2 heterocycles. The molecule has 1 aromatic heterocycles. The highest BCUT2D eigenvalue weighted by molar-refractivity contribution is 6.30. The number of carbonyl (C=O) groups is 2. The number of carbonyl (C=O) groups excluding carboxylic acids is 2. The van der Waals surface area contributed by atoms with Crippen LogP contribution in [0.3, 0.4) is 0 Å². The van der Waals surface area contributed by atoms with E-state index in [2.05, 4.69) is 20.5 Å². The molecule has 0 bridgehead atoms. The third kappa shape index (κ3) is 6.42. The minimum absolute atomic E-state index is 0.0153. The summed E-state index contributed by atoms with van der Waals surface area (Å²) in [6, 6.07) is 9.53. The van der Waals surface area contributed by atoms with Crippen LogP contribution in [0, 0.1) is 11.7 Å². The molecule has 154 valence electrons. The number of pyridine rings is 1. The number of nitrogens with one attached hydrogen (secondary N) is 2. The van der Waals surface area contributed by atoms with Crippen molar-refractivity contribution < 1.29 is 14.0 Å². The molecule has 0 atom stereocenters. The smallest absolute Gasteiger partial charge is 0.224 e. The largest absolute Gasteiger partial charge is 0.357 e. The van der Waals surface area contributed by atoms with E-state index in [-0.39, 0.29) is 30.0 Å². The Morgan fingerprint density at radius 3 is 2.41 bits per heavy atom. The first kappa shape index (κ1) is 21.0. The van der Waals surface area contributed by atoms with Gasteiger partial charge in [0.1, 0.15) is 11.6 Å². The van der Waals surface area contributed by atoms with Crippen molar-refractivity contribution in [2.24, 2.45) is 5.92 Å². The zero-order chi connectivity index (χ0) is 20.6. The first-order chi connectivity index (χ1) is 14.0. The summed E-state index contributed by atoms with van der Waals surface area (Å²) in [6.07, 6.45) is 3.33. The summed E-state index contributed by atoms with van der Waals surface area (Å²) in [5, 5.41) is 6.25. The Balaban J connectivity index is 1.32. The molecule has 0 saturated carbocycles. The molecule has 1 aromatic carbocycles. The van der Waals surface area contributed by atoms with E-state index in [9.17, 15) is 14.0 Å². The van der Waals surface area contributed by atoms with Crippen LogP contribution in [0.15, 0.2) is 42.6 Å². The fourth-order valence-corrected chi connectivity index (χ4v) is 3.42. The van der Waals surface area contributed by atoms with E-state index in [1.54, 1.807) is 18.3 Å². The second kappa shape index (κ2) is 10.2. The topological polar surface area (TPSA) is 74.3 Å². The second-order valence-corrected chi connectivity index (χ2v) is 7.48. The normalized spacial score (nSPS) is 14.5. The van der Waals surface area contributed by atoms with Crippen molar-refractivity contribution in [1.82, 2.24) is 15.6 Å². The predicted octanol–water partition coefficient (Wildman–Crippen LogP) is 2.57. The van der Waals surface area contributed by atoms with Crippen molar-refractivity contribution in [3.8, 4) is 0 Å². The number of hydrogen-bond donors (Lipinski definition) is 2. The van der Waals surface area contributed by atoms with E-state index in [0.29, 0.717) is 18.1 Å². The third-order valence-electron chi connectivity index (χ3n) is 4.93. The van der Waals surface area contributed by atoms with Gasteiger partial charge in [0.15, 0.2) is 0 Å². The fourth-order valence-electron chi connectivity index (χ4n) is 3.31. The van der Waals surface area contributed by atoms with Crippen LogP contribution in [-0.4, -0.2) is 43.0 Å². The molecule has 29 heavy (non-hydrogen) atoms. The molecule has 0 radical (unpaired) electrons. The molecule has 2 amide bonds. The van der Waals surface area contributed by atoms with E-state index in [0.717, 1.165) is 37.3 Å². The molecule has 2 N–H and O–H groups in total. The van der Waals surface area contributed by atoms with E-state index < -0.39 is 0 Å². The third-order valence-corrected chi connectivity index (χ3v) is 5.15. The number of benzene rings is 1. The van der Waals surface area contributed by atoms with Gasteiger partial charge in [0, 0.05) is 38.3 Å². The lowest BCUT2D eigenvalue weighted by Crippen LogP contribution is -2.43. The molecular formula is C21H24ClFN4O2. The molecule has 1 aliphatic rings. The van der Waals surface area contributed by atoms with Gasteiger partial charge in [-0.15, -0.1) is 0 Å². The average Bonchev–Trinajstić information content (AvgIpc) is 2.73. The van der Waals surface area contributed by atoms with Crippen LogP contribution in [0.25, 0.3) is 0 Å². The maximum atomic E-state index is 12.9. The number of nitrogens with zero attached hydrogens (tertiary/aromatic N) is 2. The fraction of sp³-hybridized carbons (Fsp3) is 0.381. The summed E-state index contributed by atoms with van der Waals surface area (Å²) in [7, 11) is 0. The molecule has 0 spiro atoms. The summed E-state index contributed by atoms with van der Waals surface area (Å²) >= 11 is 5.87. The van der Waals surface area contributed by atoms with Gasteiger partial charge in [-0.2, -0.15) is 0 Å². The Morgan fingerprint density at radius 2 is 1.76 bits per heavy atom. The first-order valence-corrected chi connectivity index (χ1v) is 10.0. The van der Waals surface area contributed by atoms with Gasteiger partial charge in [-0.25, -0.2) is 9.37 Å². The molecule has 1 fully saturated rings. The Labute approximate surface area is 174 Å². The molecule has 0 unspecified atom stereocenters. The number of amides is 2. The lowest BCUT2D eigenvalue weighted by Gasteiger charge is -2.32. The summed E-state index contributed by atoms with van der Waals surface area (Å²) in [5.41, 5.74) is 0.745. The summed E-state index contributed by atoms with van der Waals surface area (Å²) in [6.45, 7) is 2.27. The van der Waals surface area contributed by atoms with Crippen molar-refractivity contribution >= 4 is 29.2 Å². The van der Waals surface area contributed by atoms with Gasteiger partial charge in [0.2, 0.25) is 11.8 Å². The van der Waals surface area contributed by atoms with Crippen molar-refractivity contribution in [3.05, 3.63) is 59.0 Å². The van der Waals surface area contributed by atoms with Crippen molar-refractivity contribution in [2.75, 3.05) is 31.1 Å². The number of halogens is 2. The Hall–Kier alpha value is -2.67. The maximum absolute atomic E-state index is 12.9. The van der Waals surface area contributed by atoms with Gasteiger partial charge in [-0.05, 0) is 42.7 Å². The number of anilines is 1. The number of rotatable bonds is 7. The van der Waals surface area contributed by atoms with E-state index in [1.807, 2.05) is 12.1 Å². The average molecular weight is 419 g/mol. The zero-order valence-electron chi connectivity index (χ0n) is 16.0. The number of piperidine rings is 1. The monoisotopic (exact) mass is 418 g/mol. The molecule has 1 saturated heterocycles. The van der Waals surface area contributed by atoms with Gasteiger partial charge in [-0.3, -0.25) is 9.59 Å². The predicted molar refractivity (Wildman–Crippen MR) is 110 cm³/mol. The van der Waals surface area contributed by atoms with Gasteiger partial charge in [-0.1, -0.05) is 23.7 Å². The van der Waals surface area contributed by atoms with Crippen LogP contribution in [0.2, 0.25) is 5.02 Å². The van der Waals surface area contributed by atoms with Crippen molar-refractivity contribution in [2.45, 2.75) is 19.3 Å². The quantitative estimate of drug-likeness (QED) is 0.678. The van der Waals surface area contributed by atoms with Gasteiger partial charge in [0.25, 0.3) is 0 Å². The standard InChI is InChI=1S/C21H24ClFN4O2/c22-17-3-6-19(26-14-17)27-11-7-16(8-12-27)21(29)25-10-9-24-20(28)13-15-1-4-18(23)5-2-15/h1-6,14,16H,7-13H2,(H,24,28)(H,25,29). The van der Waals surface area contributed by atoms with E-state index >= 15 is 0 Å². The SMILES string of the molecule is O=C(Cc1ccc(F)cc1)NCCNC(=O)C1CCN(c2ccc(Cl)cn2)CC1. The lowest BCUT2D eigenvalue weighted by molar-refractivity contribution is -0.126. The van der Waals surface area contributed by atoms with Gasteiger partial charge < -0.3 is 15.5 Å². The van der Waals surface area contributed by atoms with Crippen LogP contribution >= 0.6 is 11.6 Å². The zero-order valence-corrected chi connectivity index (χ0v) is 16.8. The Kier molecular flexibility index (Phi) is 7.41. The molecule has 6 nitrogen and oxygen atoms in total. The number of hydrogen-bond acceptors (Lipinski definition) is 4. The highest BCUT2D eigenvalue weighted by atomic mass is 35.5. The molecule has 8 heteroatoms. The summed E-state index contributed by atoms with van der Waals surface area (Å²) in [4.78, 5) is 30.7. The molecule has 2 aromatic rings. The van der Waals surface area contributed by atoms with Gasteiger partial charge >= 0.3 is 0 Å². The first-order valence-electron chi connectivity index (χ1n) is 9.66. The van der Waals surface area contributed by atoms with Crippen molar-refractivity contribution in [3.63, 3.8) is 0 Å². The Bertz CT molecular complexity index is 822. The molecule has 3 rings (SSSR count). The number of aromatic nitrogens is 1. The second-order valence-electron chi connectivity index (χ2n) is 7.04. The van der Waals surface area contributed by atoms with Crippen LogP contribution in [0.1, 0.15) is 18.4 Å². The van der Waals surface area contributed by atoms with E-state index in [4.69, 9.17) is 11.6 Å². The summed E-state index contributed by atoms with van der Waals surface area (Å²) in [5.74, 6) is 0.369. The molecular weight excluding hydrogens is 395 g/mol. The molecule has 1 aliphatic heterocycles. The van der Waals surface area contributed by atoms with Gasteiger partial charge in [0.05, 0.1) is 11.4 Å². The summed E-state index contributed by atoms with van der Waals surface area (Å²) < 4.78 is 12.9. The highest BCUT2D eigenvalue weighted by Gasteiger charge is 2.25. The maximum Gasteiger partial charge on any atom is 0.224 e. The van der Waals surface area contributed by atoms with E-state index in [1.165, 1.54) is 12.1 Å². The van der Waals surface area contributed by atoms with Crippen LogP contribution in [0.4, 0.5) is 10.2 Å². The minimum atomic E-state index is -0.327. The Morgan fingerprint density at radius 1 is 1.07 bits per heavy atom. The van der Waals surface area contributed by atoms with Crippen LogP contribution in [0.5, 0.6) is 0 Å². The lowest BCUT2D eigenvalue weighted by atomic mass is 9.96. The minimum Gasteiger partial charge on any atom is -0.357 e. The molecule has 0 aliphatic carbocycles.